The van der Waals surface area contributed by atoms with Gasteiger partial charge in [-0.25, -0.2) is 0 Å². The molecule has 11 nitrogen and oxygen atoms in total. The second-order valence-electron chi connectivity index (χ2n) is 5.99. The van der Waals surface area contributed by atoms with Crippen molar-refractivity contribution in [3.63, 3.8) is 0 Å². The van der Waals surface area contributed by atoms with E-state index in [-0.39, 0.29) is 24.9 Å². The highest BCUT2D eigenvalue weighted by Crippen LogP contribution is 2.04. The van der Waals surface area contributed by atoms with Crippen molar-refractivity contribution in [1.29, 1.82) is 0 Å². The molecule has 0 aromatic rings. The Labute approximate surface area is 149 Å². The van der Waals surface area contributed by atoms with Gasteiger partial charge in [0.2, 0.25) is 17.7 Å². The molecule has 0 bridgehead atoms. The minimum absolute atomic E-state index is 0.211. The summed E-state index contributed by atoms with van der Waals surface area (Å²) in [6.45, 7) is 1.59. The molecule has 0 radical (unpaired) electrons. The van der Waals surface area contributed by atoms with Crippen LogP contribution in [-0.4, -0.2) is 71.1 Å². The third-order valence-corrected chi connectivity index (χ3v) is 3.83. The zero-order valence-corrected chi connectivity index (χ0v) is 14.4. The number of carboxylic acids is 2. The van der Waals surface area contributed by atoms with Crippen molar-refractivity contribution in [1.82, 2.24) is 21.3 Å². The van der Waals surface area contributed by atoms with E-state index in [1.165, 1.54) is 6.92 Å². The number of carboxylic acid groups (broad SMARTS) is 2. The molecule has 26 heavy (non-hydrogen) atoms. The van der Waals surface area contributed by atoms with Crippen LogP contribution in [0.5, 0.6) is 0 Å². The summed E-state index contributed by atoms with van der Waals surface area (Å²) in [5, 5.41) is 27.5. The van der Waals surface area contributed by atoms with E-state index in [2.05, 4.69) is 21.3 Å². The fourth-order valence-electron chi connectivity index (χ4n) is 2.36. The Morgan fingerprint density at radius 1 is 1.15 bits per heavy atom. The van der Waals surface area contributed by atoms with Crippen LogP contribution in [0.2, 0.25) is 0 Å². The van der Waals surface area contributed by atoms with E-state index in [0.717, 1.165) is 13.0 Å². The highest BCUT2D eigenvalue weighted by molar-refractivity contribution is 5.92. The van der Waals surface area contributed by atoms with Gasteiger partial charge in [0.15, 0.2) is 0 Å². The summed E-state index contributed by atoms with van der Waals surface area (Å²) < 4.78 is 0. The molecule has 1 aliphatic rings. The van der Waals surface area contributed by atoms with Crippen LogP contribution in [0.1, 0.15) is 32.6 Å². The molecule has 11 heteroatoms. The van der Waals surface area contributed by atoms with Crippen LogP contribution in [0.4, 0.5) is 0 Å². The summed E-state index contributed by atoms with van der Waals surface area (Å²) in [6, 6.07) is -2.77. The Morgan fingerprint density at radius 3 is 2.38 bits per heavy atom. The molecule has 1 rings (SSSR count). The molecule has 3 amide bonds. The monoisotopic (exact) mass is 372 g/mol. The van der Waals surface area contributed by atoms with Crippen LogP contribution in [0, 0.1) is 0 Å². The quantitative estimate of drug-likeness (QED) is 0.250. The summed E-state index contributed by atoms with van der Waals surface area (Å²) in [7, 11) is 0. The molecule has 0 spiro atoms. The first kappa shape index (κ1) is 21.4. The van der Waals surface area contributed by atoms with Gasteiger partial charge in [-0.05, 0) is 32.7 Å². The van der Waals surface area contributed by atoms with E-state index in [0.29, 0.717) is 6.42 Å². The maximum atomic E-state index is 12.1. The molecular formula is C15H24N4O7. The first-order valence-electron chi connectivity index (χ1n) is 8.26. The molecule has 0 saturated carbocycles. The zero-order valence-electron chi connectivity index (χ0n) is 14.4. The molecule has 3 unspecified atom stereocenters. The van der Waals surface area contributed by atoms with Crippen LogP contribution in [0.25, 0.3) is 0 Å². The molecule has 0 aliphatic carbocycles. The minimum atomic E-state index is -1.27. The number of nitrogens with one attached hydrogen (secondary N) is 4. The van der Waals surface area contributed by atoms with Crippen LogP contribution in [-0.2, 0) is 24.0 Å². The number of aliphatic carboxylic acids is 2. The van der Waals surface area contributed by atoms with Crippen LogP contribution < -0.4 is 21.3 Å². The zero-order chi connectivity index (χ0) is 19.7. The fraction of sp³-hybridized carbons (Fsp3) is 0.667. The van der Waals surface area contributed by atoms with Gasteiger partial charge in [0.25, 0.3) is 0 Å². The number of carbonyl (C=O) groups is 5. The Bertz CT molecular complexity index is 560. The van der Waals surface area contributed by atoms with E-state index >= 15 is 0 Å². The van der Waals surface area contributed by atoms with Crippen molar-refractivity contribution < 1.29 is 34.2 Å². The predicted octanol–water partition coefficient (Wildman–Crippen LogP) is -2.21. The molecule has 1 fully saturated rings. The van der Waals surface area contributed by atoms with Gasteiger partial charge < -0.3 is 31.5 Å². The highest BCUT2D eigenvalue weighted by Gasteiger charge is 2.26. The molecule has 1 saturated heterocycles. The van der Waals surface area contributed by atoms with Gasteiger partial charge in [-0.1, -0.05) is 0 Å². The largest absolute Gasteiger partial charge is 0.481 e. The fourth-order valence-corrected chi connectivity index (χ4v) is 2.36. The maximum Gasteiger partial charge on any atom is 0.325 e. The van der Waals surface area contributed by atoms with Crippen molar-refractivity contribution in [2.24, 2.45) is 0 Å². The van der Waals surface area contributed by atoms with Gasteiger partial charge in [0.05, 0.1) is 12.6 Å². The van der Waals surface area contributed by atoms with Crippen molar-refractivity contribution >= 4 is 29.7 Å². The van der Waals surface area contributed by atoms with Crippen LogP contribution in [0.3, 0.4) is 0 Å². The lowest BCUT2D eigenvalue weighted by Crippen LogP contribution is -2.53. The lowest BCUT2D eigenvalue weighted by Gasteiger charge is -2.20. The van der Waals surface area contributed by atoms with E-state index in [1.807, 2.05) is 0 Å². The lowest BCUT2D eigenvalue weighted by atomic mass is 10.1. The van der Waals surface area contributed by atoms with E-state index < -0.39 is 42.3 Å². The average molecular weight is 372 g/mol. The van der Waals surface area contributed by atoms with Crippen LogP contribution >= 0.6 is 0 Å². The standard InChI is InChI=1S/C15H24N4O7/c1-8(15(25)26)18-14(24)10(4-5-12(21)22)19-11(20)7-17-13(23)9-3-2-6-16-9/h8-10,16H,2-7H2,1H3,(H,17,23)(H,18,24)(H,19,20)(H,21,22)(H,25,26). The smallest absolute Gasteiger partial charge is 0.325 e. The summed E-state index contributed by atoms with van der Waals surface area (Å²) in [4.78, 5) is 57.4. The first-order valence-corrected chi connectivity index (χ1v) is 8.26. The molecule has 0 aromatic heterocycles. The number of hydrogen-bond acceptors (Lipinski definition) is 6. The predicted molar refractivity (Wildman–Crippen MR) is 88.1 cm³/mol. The Morgan fingerprint density at radius 2 is 1.85 bits per heavy atom. The van der Waals surface area contributed by atoms with Gasteiger partial charge in [-0.2, -0.15) is 0 Å². The van der Waals surface area contributed by atoms with Gasteiger partial charge >= 0.3 is 11.9 Å². The van der Waals surface area contributed by atoms with E-state index in [1.54, 1.807) is 0 Å². The Balaban J connectivity index is 2.55. The Hall–Kier alpha value is -2.69. The van der Waals surface area contributed by atoms with Gasteiger partial charge in [0, 0.05) is 6.42 Å². The van der Waals surface area contributed by atoms with E-state index in [4.69, 9.17) is 10.2 Å². The SMILES string of the molecule is CC(NC(=O)C(CCC(=O)O)NC(=O)CNC(=O)C1CCCN1)C(=O)O. The van der Waals surface area contributed by atoms with Gasteiger partial charge in [0.1, 0.15) is 12.1 Å². The molecule has 146 valence electrons. The normalized spacial score (nSPS) is 18.4. The van der Waals surface area contributed by atoms with Crippen molar-refractivity contribution in [2.45, 2.75) is 50.7 Å². The molecule has 6 N–H and O–H groups in total. The van der Waals surface area contributed by atoms with Crippen molar-refractivity contribution in [2.75, 3.05) is 13.1 Å². The van der Waals surface area contributed by atoms with Gasteiger partial charge in [-0.15, -0.1) is 0 Å². The summed E-state index contributed by atoms with van der Waals surface area (Å²) in [5.41, 5.74) is 0. The summed E-state index contributed by atoms with van der Waals surface area (Å²) in [6.07, 6.45) is 0.934. The number of rotatable bonds is 10. The topological polar surface area (TPSA) is 174 Å². The lowest BCUT2D eigenvalue weighted by molar-refractivity contribution is -0.142. The molecule has 1 heterocycles. The number of amides is 3. The van der Waals surface area contributed by atoms with E-state index in [9.17, 15) is 24.0 Å². The highest BCUT2D eigenvalue weighted by atomic mass is 16.4. The van der Waals surface area contributed by atoms with Gasteiger partial charge in [-0.3, -0.25) is 24.0 Å². The second kappa shape index (κ2) is 10.3. The second-order valence-corrected chi connectivity index (χ2v) is 5.99. The van der Waals surface area contributed by atoms with Crippen molar-refractivity contribution in [3.05, 3.63) is 0 Å². The molecule has 0 aromatic carbocycles. The average Bonchev–Trinajstić information content (AvgIpc) is 3.10. The number of carbonyl (C=O) groups excluding carboxylic acids is 3. The minimum Gasteiger partial charge on any atom is -0.481 e. The summed E-state index contributed by atoms with van der Waals surface area (Å²) >= 11 is 0. The molecular weight excluding hydrogens is 348 g/mol. The van der Waals surface area contributed by atoms with Crippen molar-refractivity contribution in [3.8, 4) is 0 Å². The third-order valence-electron chi connectivity index (χ3n) is 3.83. The molecule has 3 atom stereocenters. The van der Waals surface area contributed by atoms with Crippen LogP contribution in [0.15, 0.2) is 0 Å². The third kappa shape index (κ3) is 7.47. The molecule has 1 aliphatic heterocycles. The number of hydrogen-bond donors (Lipinski definition) is 6. The first-order chi connectivity index (χ1) is 12.2. The Kier molecular flexibility index (Phi) is 8.49. The maximum absolute atomic E-state index is 12.1. The summed E-state index contributed by atoms with van der Waals surface area (Å²) in [5.74, 6) is -4.24.